The maximum Gasteiger partial charge on any atom is 0.275 e. The van der Waals surface area contributed by atoms with Crippen molar-refractivity contribution in [2.45, 2.75) is 6.92 Å². The first-order chi connectivity index (χ1) is 9.08. The quantitative estimate of drug-likeness (QED) is 0.860. The van der Waals surface area contributed by atoms with Crippen LogP contribution in [-0.4, -0.2) is 21.8 Å². The summed E-state index contributed by atoms with van der Waals surface area (Å²) in [5, 5.41) is 2.59. The number of nitrogens with zero attached hydrogens (tertiary/aromatic N) is 2. The highest BCUT2D eigenvalue weighted by molar-refractivity contribution is 6.07. The van der Waals surface area contributed by atoms with Crippen LogP contribution in [0.4, 0.5) is 5.69 Å². The maximum atomic E-state index is 11.9. The van der Waals surface area contributed by atoms with E-state index in [9.17, 15) is 9.59 Å². The van der Waals surface area contributed by atoms with Crippen molar-refractivity contribution in [2.24, 2.45) is 5.73 Å². The number of amides is 2. The van der Waals surface area contributed by atoms with E-state index in [1.807, 2.05) is 0 Å². The molecule has 96 valence electrons. The first-order valence-corrected chi connectivity index (χ1v) is 5.57. The molecule has 0 radical (unpaired) electrons. The zero-order valence-electron chi connectivity index (χ0n) is 10.3. The fourth-order valence-corrected chi connectivity index (χ4v) is 1.50. The van der Waals surface area contributed by atoms with Crippen LogP contribution >= 0.6 is 0 Å². The van der Waals surface area contributed by atoms with Gasteiger partial charge in [0, 0.05) is 6.20 Å². The minimum Gasteiger partial charge on any atom is -0.366 e. The first kappa shape index (κ1) is 12.7. The highest BCUT2D eigenvalue weighted by Gasteiger charge is 2.12. The van der Waals surface area contributed by atoms with Crippen LogP contribution in [0.15, 0.2) is 36.7 Å². The molecule has 3 N–H and O–H groups in total. The van der Waals surface area contributed by atoms with Crippen LogP contribution in [-0.2, 0) is 0 Å². The summed E-state index contributed by atoms with van der Waals surface area (Å²) in [7, 11) is 0. The molecule has 0 atom stereocenters. The molecule has 1 aromatic carbocycles. The molecule has 2 rings (SSSR count). The summed E-state index contributed by atoms with van der Waals surface area (Å²) in [5.41, 5.74) is 6.71. The van der Waals surface area contributed by atoms with Gasteiger partial charge in [-0.15, -0.1) is 0 Å². The third-order valence-electron chi connectivity index (χ3n) is 2.45. The van der Waals surface area contributed by atoms with Crippen molar-refractivity contribution < 1.29 is 9.59 Å². The van der Waals surface area contributed by atoms with E-state index < -0.39 is 11.8 Å². The summed E-state index contributed by atoms with van der Waals surface area (Å²) in [4.78, 5) is 31.1. The van der Waals surface area contributed by atoms with Gasteiger partial charge in [0.05, 0.1) is 23.1 Å². The van der Waals surface area contributed by atoms with E-state index in [4.69, 9.17) is 5.73 Å². The van der Waals surface area contributed by atoms with Gasteiger partial charge < -0.3 is 11.1 Å². The summed E-state index contributed by atoms with van der Waals surface area (Å²) >= 11 is 0. The molecule has 0 aliphatic heterocycles. The van der Waals surface area contributed by atoms with Crippen molar-refractivity contribution in [3.8, 4) is 0 Å². The summed E-state index contributed by atoms with van der Waals surface area (Å²) in [5.74, 6) is -1.05. The molecule has 0 fully saturated rings. The average Bonchev–Trinajstić information content (AvgIpc) is 2.39. The lowest BCUT2D eigenvalue weighted by Crippen LogP contribution is -2.19. The minimum absolute atomic E-state index is 0.171. The van der Waals surface area contributed by atoms with Crippen LogP contribution < -0.4 is 11.1 Å². The predicted octanol–water partition coefficient (Wildman–Crippen LogP) is 1.14. The van der Waals surface area contributed by atoms with E-state index in [1.54, 1.807) is 31.2 Å². The van der Waals surface area contributed by atoms with E-state index in [0.717, 1.165) is 0 Å². The van der Waals surface area contributed by atoms with Gasteiger partial charge in [-0.05, 0) is 19.1 Å². The number of primary amides is 1. The van der Waals surface area contributed by atoms with Crippen molar-refractivity contribution in [1.29, 1.82) is 0 Å². The Morgan fingerprint density at radius 3 is 2.53 bits per heavy atom. The molecule has 0 aliphatic rings. The molecule has 0 saturated heterocycles. The number of carbonyl (C=O) groups is 2. The molecule has 0 bridgehead atoms. The molecule has 19 heavy (non-hydrogen) atoms. The van der Waals surface area contributed by atoms with Crippen LogP contribution in [0.25, 0.3) is 0 Å². The highest BCUT2D eigenvalue weighted by atomic mass is 16.2. The second-order valence-electron chi connectivity index (χ2n) is 3.91. The molecule has 6 nitrogen and oxygen atoms in total. The zero-order valence-corrected chi connectivity index (χ0v) is 10.3. The van der Waals surface area contributed by atoms with Gasteiger partial charge in [0.25, 0.3) is 11.8 Å². The molecular formula is C13H12N4O2. The number of aromatic nitrogens is 2. The third-order valence-corrected chi connectivity index (χ3v) is 2.45. The lowest BCUT2D eigenvalue weighted by molar-refractivity contribution is 0.100. The third kappa shape index (κ3) is 2.92. The zero-order chi connectivity index (χ0) is 13.8. The Bertz CT molecular complexity index is 623. The monoisotopic (exact) mass is 256 g/mol. The van der Waals surface area contributed by atoms with Crippen LogP contribution in [0, 0.1) is 6.92 Å². The number of nitrogens with two attached hydrogens (primary N) is 1. The van der Waals surface area contributed by atoms with Gasteiger partial charge >= 0.3 is 0 Å². The van der Waals surface area contributed by atoms with Crippen LogP contribution in [0.3, 0.4) is 0 Å². The number of para-hydroxylation sites is 1. The lowest BCUT2D eigenvalue weighted by atomic mass is 10.1. The van der Waals surface area contributed by atoms with Gasteiger partial charge in [-0.1, -0.05) is 12.1 Å². The van der Waals surface area contributed by atoms with E-state index in [-0.39, 0.29) is 11.3 Å². The highest BCUT2D eigenvalue weighted by Crippen LogP contribution is 2.15. The van der Waals surface area contributed by atoms with E-state index in [1.165, 1.54) is 12.4 Å². The van der Waals surface area contributed by atoms with Gasteiger partial charge in [-0.2, -0.15) is 0 Å². The Labute approximate surface area is 109 Å². The maximum absolute atomic E-state index is 11.9. The Morgan fingerprint density at radius 2 is 1.89 bits per heavy atom. The second-order valence-corrected chi connectivity index (χ2v) is 3.91. The first-order valence-electron chi connectivity index (χ1n) is 5.57. The number of anilines is 1. The number of rotatable bonds is 3. The topological polar surface area (TPSA) is 98.0 Å². The summed E-state index contributed by atoms with van der Waals surface area (Å²) in [6.07, 6.45) is 2.87. The Balaban J connectivity index is 2.24. The molecule has 0 spiro atoms. The van der Waals surface area contributed by atoms with Crippen molar-refractivity contribution in [2.75, 3.05) is 5.32 Å². The van der Waals surface area contributed by atoms with Crippen molar-refractivity contribution in [1.82, 2.24) is 9.97 Å². The number of hydrogen-bond donors (Lipinski definition) is 2. The molecule has 0 aliphatic carbocycles. The average molecular weight is 256 g/mol. The van der Waals surface area contributed by atoms with E-state index in [2.05, 4.69) is 15.3 Å². The number of aryl methyl sites for hydroxylation is 1. The van der Waals surface area contributed by atoms with Crippen molar-refractivity contribution in [3.63, 3.8) is 0 Å². The van der Waals surface area contributed by atoms with E-state index in [0.29, 0.717) is 11.4 Å². The van der Waals surface area contributed by atoms with Gasteiger partial charge in [0.2, 0.25) is 0 Å². The fraction of sp³-hybridized carbons (Fsp3) is 0.0769. The van der Waals surface area contributed by atoms with E-state index >= 15 is 0 Å². The lowest BCUT2D eigenvalue weighted by Gasteiger charge is -2.08. The van der Waals surface area contributed by atoms with Gasteiger partial charge in [0.15, 0.2) is 0 Å². The second kappa shape index (κ2) is 5.26. The molecular weight excluding hydrogens is 244 g/mol. The van der Waals surface area contributed by atoms with Gasteiger partial charge in [0.1, 0.15) is 5.69 Å². The van der Waals surface area contributed by atoms with Crippen molar-refractivity contribution in [3.05, 3.63) is 53.6 Å². The van der Waals surface area contributed by atoms with Crippen LogP contribution in [0.1, 0.15) is 26.5 Å². The SMILES string of the molecule is Cc1cnc(C(=O)Nc2ccccc2C(N)=O)cn1. The molecule has 0 saturated carbocycles. The molecule has 2 aromatic rings. The van der Waals surface area contributed by atoms with Gasteiger partial charge in [-0.25, -0.2) is 4.98 Å². The molecule has 2 amide bonds. The molecule has 6 heteroatoms. The summed E-state index contributed by atoms with van der Waals surface area (Å²) in [6.45, 7) is 1.77. The van der Waals surface area contributed by atoms with Crippen LogP contribution in [0.2, 0.25) is 0 Å². The molecule has 1 heterocycles. The van der Waals surface area contributed by atoms with Crippen molar-refractivity contribution >= 4 is 17.5 Å². The number of nitrogens with one attached hydrogen (secondary N) is 1. The summed E-state index contributed by atoms with van der Waals surface area (Å²) in [6, 6.07) is 6.50. The minimum atomic E-state index is -0.606. The fourth-order valence-electron chi connectivity index (χ4n) is 1.50. The van der Waals surface area contributed by atoms with Gasteiger partial charge in [-0.3, -0.25) is 14.6 Å². The Hall–Kier alpha value is -2.76. The van der Waals surface area contributed by atoms with Crippen LogP contribution in [0.5, 0.6) is 0 Å². The standard InChI is InChI=1S/C13H12N4O2/c1-8-6-16-11(7-15-8)13(19)17-10-5-3-2-4-9(10)12(14)18/h2-7H,1H3,(H2,14,18)(H,17,19). The predicted molar refractivity (Wildman–Crippen MR) is 69.7 cm³/mol. The Kier molecular flexibility index (Phi) is 3.51. The molecule has 0 unspecified atom stereocenters. The number of hydrogen-bond acceptors (Lipinski definition) is 4. The molecule has 1 aromatic heterocycles. The smallest absolute Gasteiger partial charge is 0.275 e. The Morgan fingerprint density at radius 1 is 1.16 bits per heavy atom. The largest absolute Gasteiger partial charge is 0.366 e. The number of benzene rings is 1. The normalized spacial score (nSPS) is 9.95. The summed E-state index contributed by atoms with van der Waals surface area (Å²) < 4.78 is 0. The number of carbonyl (C=O) groups excluding carboxylic acids is 2.